The first-order valence-electron chi connectivity index (χ1n) is 7.85. The number of amides is 1. The third-order valence-electron chi connectivity index (χ3n) is 4.25. The van der Waals surface area contributed by atoms with Crippen LogP contribution in [0.5, 0.6) is 0 Å². The first-order chi connectivity index (χ1) is 11.4. The highest BCUT2D eigenvalue weighted by Crippen LogP contribution is 2.18. The van der Waals surface area contributed by atoms with Crippen molar-refractivity contribution in [2.75, 3.05) is 32.7 Å². The lowest BCUT2D eigenvalue weighted by Crippen LogP contribution is -3.19. The molecule has 0 radical (unpaired) electrons. The fourth-order valence-corrected chi connectivity index (χ4v) is 4.26. The summed E-state index contributed by atoms with van der Waals surface area (Å²) in [7, 11) is -3.85. The van der Waals surface area contributed by atoms with Crippen LogP contribution in [0, 0.1) is 5.82 Å². The maximum Gasteiger partial charge on any atom is 0.278 e. The number of piperazine rings is 1. The lowest BCUT2D eigenvalue weighted by atomic mass is 10.2. The molecule has 1 fully saturated rings. The van der Waals surface area contributed by atoms with Crippen LogP contribution in [0.1, 0.15) is 6.92 Å². The molecule has 1 amide bonds. The summed E-state index contributed by atoms with van der Waals surface area (Å²) in [4.78, 5) is 12.7. The van der Waals surface area contributed by atoms with Gasteiger partial charge >= 0.3 is 0 Å². The van der Waals surface area contributed by atoms with Crippen LogP contribution >= 0.6 is 0 Å². The van der Waals surface area contributed by atoms with E-state index in [-0.39, 0.29) is 29.9 Å². The van der Waals surface area contributed by atoms with Crippen molar-refractivity contribution in [2.24, 2.45) is 0 Å². The summed E-state index contributed by atoms with van der Waals surface area (Å²) in [6, 6.07) is 5.10. The average Bonchev–Trinajstić information content (AvgIpc) is 2.59. The van der Waals surface area contributed by atoms with Crippen molar-refractivity contribution in [3.05, 3.63) is 42.7 Å². The number of carbonyl (C=O) groups is 1. The van der Waals surface area contributed by atoms with Gasteiger partial charge in [-0.3, -0.25) is 4.79 Å². The van der Waals surface area contributed by atoms with Crippen molar-refractivity contribution in [1.29, 1.82) is 0 Å². The van der Waals surface area contributed by atoms with E-state index in [2.05, 4.69) is 11.9 Å². The number of rotatable bonds is 6. The SMILES string of the molecule is C=CCNC(=O)[C@@H](C)[NH+]1CCN(S(=O)(=O)c2ccccc2F)CC1. The molecular formula is C16H23FN3O3S+. The van der Waals surface area contributed by atoms with Gasteiger partial charge in [0.25, 0.3) is 5.91 Å². The number of quaternary nitrogens is 1. The van der Waals surface area contributed by atoms with Crippen LogP contribution in [0.25, 0.3) is 0 Å². The molecule has 8 heteroatoms. The number of hydrogen-bond acceptors (Lipinski definition) is 3. The number of sulfonamides is 1. The summed E-state index contributed by atoms with van der Waals surface area (Å²) in [5.41, 5.74) is 0. The molecule has 2 N–H and O–H groups in total. The van der Waals surface area contributed by atoms with Crippen LogP contribution in [-0.2, 0) is 14.8 Å². The summed E-state index contributed by atoms with van der Waals surface area (Å²) < 4.78 is 40.2. The molecule has 0 unspecified atom stereocenters. The maximum atomic E-state index is 13.8. The molecule has 1 heterocycles. The van der Waals surface area contributed by atoms with Gasteiger partial charge in [0.05, 0.1) is 26.2 Å². The van der Waals surface area contributed by atoms with E-state index < -0.39 is 15.8 Å². The predicted molar refractivity (Wildman–Crippen MR) is 88.5 cm³/mol. The highest BCUT2D eigenvalue weighted by molar-refractivity contribution is 7.89. The Balaban J connectivity index is 2.01. The Morgan fingerprint density at radius 3 is 2.62 bits per heavy atom. The third kappa shape index (κ3) is 4.00. The highest BCUT2D eigenvalue weighted by atomic mass is 32.2. The van der Waals surface area contributed by atoms with Crippen molar-refractivity contribution < 1.29 is 22.5 Å². The maximum absolute atomic E-state index is 13.8. The number of hydrogen-bond donors (Lipinski definition) is 2. The zero-order chi connectivity index (χ0) is 17.7. The molecule has 0 bridgehead atoms. The number of carbonyl (C=O) groups excluding carboxylic acids is 1. The Bertz CT molecular complexity index is 700. The van der Waals surface area contributed by atoms with Crippen molar-refractivity contribution in [3.8, 4) is 0 Å². The van der Waals surface area contributed by atoms with E-state index in [9.17, 15) is 17.6 Å². The van der Waals surface area contributed by atoms with Gasteiger partial charge in [0.1, 0.15) is 10.7 Å². The van der Waals surface area contributed by atoms with Crippen molar-refractivity contribution in [2.45, 2.75) is 17.9 Å². The second-order valence-corrected chi connectivity index (χ2v) is 7.65. The van der Waals surface area contributed by atoms with E-state index in [1.165, 1.54) is 22.5 Å². The van der Waals surface area contributed by atoms with E-state index in [1.807, 2.05) is 6.92 Å². The number of benzene rings is 1. The van der Waals surface area contributed by atoms with Gasteiger partial charge in [-0.15, -0.1) is 6.58 Å². The second-order valence-electron chi connectivity index (χ2n) is 5.75. The zero-order valence-corrected chi connectivity index (χ0v) is 14.5. The molecule has 24 heavy (non-hydrogen) atoms. The molecule has 0 spiro atoms. The molecule has 2 rings (SSSR count). The largest absolute Gasteiger partial charge is 0.347 e. The quantitative estimate of drug-likeness (QED) is 0.669. The van der Waals surface area contributed by atoms with Crippen molar-refractivity contribution >= 4 is 15.9 Å². The Morgan fingerprint density at radius 2 is 2.04 bits per heavy atom. The minimum Gasteiger partial charge on any atom is -0.347 e. The van der Waals surface area contributed by atoms with Gasteiger partial charge in [0, 0.05) is 6.54 Å². The van der Waals surface area contributed by atoms with Crippen LogP contribution in [0.3, 0.4) is 0 Å². The zero-order valence-electron chi connectivity index (χ0n) is 13.7. The van der Waals surface area contributed by atoms with Gasteiger partial charge < -0.3 is 10.2 Å². The minimum atomic E-state index is -3.85. The Kier molecular flexibility index (Phi) is 6.09. The summed E-state index contributed by atoms with van der Waals surface area (Å²) >= 11 is 0. The van der Waals surface area contributed by atoms with Gasteiger partial charge in [-0.2, -0.15) is 4.31 Å². The molecule has 1 aliphatic rings. The fraction of sp³-hybridized carbons (Fsp3) is 0.438. The summed E-state index contributed by atoms with van der Waals surface area (Å²) in [5.74, 6) is -0.834. The Hall–Kier alpha value is -1.77. The summed E-state index contributed by atoms with van der Waals surface area (Å²) in [6.45, 7) is 7.28. The van der Waals surface area contributed by atoms with E-state index in [1.54, 1.807) is 6.08 Å². The number of halogens is 1. The first kappa shape index (κ1) is 18.6. The van der Waals surface area contributed by atoms with Crippen molar-refractivity contribution in [1.82, 2.24) is 9.62 Å². The van der Waals surface area contributed by atoms with Crippen LogP contribution in [0.4, 0.5) is 4.39 Å². The summed E-state index contributed by atoms with van der Waals surface area (Å²) in [6.07, 6.45) is 1.61. The van der Waals surface area contributed by atoms with E-state index in [4.69, 9.17) is 0 Å². The van der Waals surface area contributed by atoms with E-state index in [0.717, 1.165) is 11.0 Å². The molecule has 0 saturated carbocycles. The van der Waals surface area contributed by atoms with E-state index in [0.29, 0.717) is 19.6 Å². The monoisotopic (exact) mass is 356 g/mol. The lowest BCUT2D eigenvalue weighted by molar-refractivity contribution is -0.917. The molecule has 0 aliphatic carbocycles. The smallest absolute Gasteiger partial charge is 0.278 e. The average molecular weight is 356 g/mol. The normalized spacial score (nSPS) is 18.1. The molecular weight excluding hydrogens is 333 g/mol. The van der Waals surface area contributed by atoms with E-state index >= 15 is 0 Å². The number of nitrogens with one attached hydrogen (secondary N) is 2. The van der Waals surface area contributed by atoms with Gasteiger partial charge in [-0.1, -0.05) is 18.2 Å². The number of nitrogens with zero attached hydrogens (tertiary/aromatic N) is 1. The van der Waals surface area contributed by atoms with Crippen LogP contribution in [0.15, 0.2) is 41.8 Å². The van der Waals surface area contributed by atoms with Crippen LogP contribution in [-0.4, -0.2) is 57.4 Å². The Morgan fingerprint density at radius 1 is 1.42 bits per heavy atom. The van der Waals surface area contributed by atoms with Crippen LogP contribution in [0.2, 0.25) is 0 Å². The van der Waals surface area contributed by atoms with Gasteiger partial charge in [0.2, 0.25) is 10.0 Å². The van der Waals surface area contributed by atoms with Gasteiger partial charge in [0.15, 0.2) is 6.04 Å². The molecule has 1 aromatic rings. The van der Waals surface area contributed by atoms with Gasteiger partial charge in [-0.05, 0) is 19.1 Å². The third-order valence-corrected chi connectivity index (χ3v) is 6.18. The molecule has 1 aromatic carbocycles. The molecule has 0 aromatic heterocycles. The molecule has 1 aliphatic heterocycles. The topological polar surface area (TPSA) is 70.9 Å². The first-order valence-corrected chi connectivity index (χ1v) is 9.29. The predicted octanol–water partition coefficient (Wildman–Crippen LogP) is -0.594. The second kappa shape index (κ2) is 7.87. The standard InChI is InChI=1S/C16H22FN3O3S/c1-3-8-18-16(21)13(2)19-9-11-20(12-10-19)24(22,23)15-7-5-4-6-14(15)17/h3-7,13H,1,8-12H2,2H3,(H,18,21)/p+1/t13-/m1/s1. The molecule has 1 atom stereocenters. The molecule has 6 nitrogen and oxygen atoms in total. The minimum absolute atomic E-state index is 0.0877. The van der Waals surface area contributed by atoms with Gasteiger partial charge in [-0.25, -0.2) is 12.8 Å². The lowest BCUT2D eigenvalue weighted by Gasteiger charge is -2.34. The fourth-order valence-electron chi connectivity index (χ4n) is 2.75. The summed E-state index contributed by atoms with van der Waals surface area (Å²) in [5, 5.41) is 2.74. The van der Waals surface area contributed by atoms with Crippen LogP contribution < -0.4 is 10.2 Å². The Labute approximate surface area is 142 Å². The highest BCUT2D eigenvalue weighted by Gasteiger charge is 2.35. The van der Waals surface area contributed by atoms with Crippen molar-refractivity contribution in [3.63, 3.8) is 0 Å². The molecule has 1 saturated heterocycles. The molecule has 132 valence electrons.